The molecule has 150 valence electrons. The van der Waals surface area contributed by atoms with Gasteiger partial charge in [-0.15, -0.1) is 0 Å². The smallest absolute Gasteiger partial charge is 0.349 e. The van der Waals surface area contributed by atoms with Crippen molar-refractivity contribution in [2.24, 2.45) is 0 Å². The first-order valence-corrected chi connectivity index (χ1v) is 9.04. The first-order chi connectivity index (χ1) is 14.4. The summed E-state index contributed by atoms with van der Waals surface area (Å²) in [7, 11) is 0. The predicted octanol–water partition coefficient (Wildman–Crippen LogP) is 4.38. The third kappa shape index (κ3) is 3.75. The molecule has 0 radical (unpaired) electrons. The summed E-state index contributed by atoms with van der Waals surface area (Å²) >= 11 is 0. The van der Waals surface area contributed by atoms with Crippen molar-refractivity contribution in [3.05, 3.63) is 87.8 Å². The van der Waals surface area contributed by atoms with Gasteiger partial charge in [0.2, 0.25) is 0 Å². The van der Waals surface area contributed by atoms with Crippen molar-refractivity contribution in [2.45, 2.75) is 13.8 Å². The quantitative estimate of drug-likeness (QED) is 0.506. The minimum atomic E-state index is -0.748. The van der Waals surface area contributed by atoms with Crippen molar-refractivity contribution in [3.8, 4) is 11.8 Å². The summed E-state index contributed by atoms with van der Waals surface area (Å²) in [5.41, 5.74) is 0.624. The number of aryl methyl sites for hydroxylation is 2. The van der Waals surface area contributed by atoms with E-state index in [4.69, 9.17) is 9.15 Å². The second-order valence-electron chi connectivity index (χ2n) is 6.52. The molecule has 1 N–H and O–H groups in total. The van der Waals surface area contributed by atoms with E-state index in [2.05, 4.69) is 15.3 Å². The Labute approximate surface area is 170 Å². The SMILES string of the molecule is Cc1nc(Oc2ccccc2F)nc(C)c1NC(=O)c1cc2ccccc2oc1=O. The summed E-state index contributed by atoms with van der Waals surface area (Å²) in [6, 6.07) is 14.2. The van der Waals surface area contributed by atoms with E-state index in [1.54, 1.807) is 50.2 Å². The number of para-hydroxylation sites is 2. The van der Waals surface area contributed by atoms with Gasteiger partial charge in [0.05, 0.1) is 17.1 Å². The fourth-order valence-electron chi connectivity index (χ4n) is 2.94. The first-order valence-electron chi connectivity index (χ1n) is 9.04. The lowest BCUT2D eigenvalue weighted by molar-refractivity contribution is 0.102. The lowest BCUT2D eigenvalue weighted by Gasteiger charge is -2.12. The fraction of sp³-hybridized carbons (Fsp3) is 0.0909. The van der Waals surface area contributed by atoms with Crippen LogP contribution in [0.5, 0.6) is 11.8 Å². The Morgan fingerprint density at radius 2 is 1.70 bits per heavy atom. The van der Waals surface area contributed by atoms with Gasteiger partial charge < -0.3 is 14.5 Å². The van der Waals surface area contributed by atoms with E-state index in [-0.39, 0.29) is 17.3 Å². The number of nitrogens with zero attached hydrogens (tertiary/aromatic N) is 2. The maximum atomic E-state index is 13.8. The van der Waals surface area contributed by atoms with E-state index in [0.29, 0.717) is 28.0 Å². The number of anilines is 1. The molecule has 0 unspecified atom stereocenters. The summed E-state index contributed by atoms with van der Waals surface area (Å²) in [6.45, 7) is 3.28. The average molecular weight is 405 g/mol. The number of amides is 1. The largest absolute Gasteiger partial charge is 0.422 e. The number of nitrogens with one attached hydrogen (secondary N) is 1. The van der Waals surface area contributed by atoms with Crippen LogP contribution in [0.2, 0.25) is 0 Å². The molecule has 2 heterocycles. The summed E-state index contributed by atoms with van der Waals surface area (Å²) in [6.07, 6.45) is 0. The van der Waals surface area contributed by atoms with Crippen LogP contribution in [0.1, 0.15) is 21.7 Å². The van der Waals surface area contributed by atoms with Gasteiger partial charge in [0.25, 0.3) is 5.91 Å². The van der Waals surface area contributed by atoms with Crippen LogP contribution in [0.25, 0.3) is 11.0 Å². The highest BCUT2D eigenvalue weighted by Crippen LogP contribution is 2.25. The first kappa shape index (κ1) is 19.3. The highest BCUT2D eigenvalue weighted by molar-refractivity contribution is 6.05. The van der Waals surface area contributed by atoms with Crippen LogP contribution in [-0.4, -0.2) is 15.9 Å². The minimum Gasteiger partial charge on any atom is -0.422 e. The zero-order chi connectivity index (χ0) is 21.3. The zero-order valence-electron chi connectivity index (χ0n) is 16.1. The monoisotopic (exact) mass is 405 g/mol. The lowest BCUT2D eigenvalue weighted by Crippen LogP contribution is -2.22. The van der Waals surface area contributed by atoms with Gasteiger partial charge in [-0.2, -0.15) is 9.97 Å². The van der Waals surface area contributed by atoms with E-state index in [0.717, 1.165) is 0 Å². The number of aromatic nitrogens is 2. The Hall–Kier alpha value is -4.07. The van der Waals surface area contributed by atoms with Crippen LogP contribution >= 0.6 is 0 Å². The van der Waals surface area contributed by atoms with Gasteiger partial charge in [-0.1, -0.05) is 30.3 Å². The summed E-state index contributed by atoms with van der Waals surface area (Å²) in [4.78, 5) is 33.3. The van der Waals surface area contributed by atoms with Crippen molar-refractivity contribution < 1.29 is 18.3 Å². The number of hydrogen-bond acceptors (Lipinski definition) is 6. The molecule has 2 aromatic carbocycles. The number of carbonyl (C=O) groups is 1. The van der Waals surface area contributed by atoms with Crippen LogP contribution in [0.15, 0.2) is 63.8 Å². The van der Waals surface area contributed by atoms with Gasteiger partial charge in [-0.05, 0) is 38.1 Å². The van der Waals surface area contributed by atoms with Crippen LogP contribution in [0.3, 0.4) is 0 Å². The summed E-state index contributed by atoms with van der Waals surface area (Å²) in [5.74, 6) is -1.20. The normalized spacial score (nSPS) is 10.8. The highest BCUT2D eigenvalue weighted by atomic mass is 19.1. The van der Waals surface area contributed by atoms with Gasteiger partial charge in [0.1, 0.15) is 11.1 Å². The van der Waals surface area contributed by atoms with Crippen LogP contribution in [0, 0.1) is 19.7 Å². The minimum absolute atomic E-state index is 0.0122. The Balaban J connectivity index is 1.62. The number of carbonyl (C=O) groups excluding carboxylic acids is 1. The molecule has 4 aromatic rings. The maximum absolute atomic E-state index is 13.8. The number of fused-ring (bicyclic) bond motifs is 1. The molecule has 8 heteroatoms. The topological polar surface area (TPSA) is 94.3 Å². The molecule has 0 saturated carbocycles. The lowest BCUT2D eigenvalue weighted by atomic mass is 10.1. The van der Waals surface area contributed by atoms with Crippen molar-refractivity contribution >= 4 is 22.6 Å². The third-order valence-electron chi connectivity index (χ3n) is 4.41. The van der Waals surface area contributed by atoms with Crippen LogP contribution < -0.4 is 15.7 Å². The molecule has 7 nitrogen and oxygen atoms in total. The Morgan fingerprint density at radius 1 is 1.03 bits per heavy atom. The summed E-state index contributed by atoms with van der Waals surface area (Å²) in [5, 5.41) is 3.27. The zero-order valence-corrected chi connectivity index (χ0v) is 16.1. The molecule has 0 bridgehead atoms. The molecule has 4 rings (SSSR count). The van der Waals surface area contributed by atoms with E-state index in [1.807, 2.05) is 0 Å². The number of rotatable bonds is 4. The standard InChI is InChI=1S/C22H16FN3O4/c1-12-19(13(2)25-22(24-12)30-18-10-6-4-8-16(18)23)26-20(27)15-11-14-7-3-5-9-17(14)29-21(15)28/h3-11H,1-2H3,(H,26,27). The van der Waals surface area contributed by atoms with E-state index in [9.17, 15) is 14.0 Å². The number of ether oxygens (including phenoxy) is 1. The molecule has 30 heavy (non-hydrogen) atoms. The molecule has 0 aliphatic rings. The van der Waals surface area contributed by atoms with Crippen LogP contribution in [0.4, 0.5) is 10.1 Å². The third-order valence-corrected chi connectivity index (χ3v) is 4.41. The van der Waals surface area contributed by atoms with Crippen molar-refractivity contribution in [1.29, 1.82) is 0 Å². The highest BCUT2D eigenvalue weighted by Gasteiger charge is 2.18. The van der Waals surface area contributed by atoms with Crippen molar-refractivity contribution in [2.75, 3.05) is 5.32 Å². The van der Waals surface area contributed by atoms with Gasteiger partial charge in [0.15, 0.2) is 11.6 Å². The van der Waals surface area contributed by atoms with E-state index >= 15 is 0 Å². The molecule has 0 atom stereocenters. The molecule has 0 fully saturated rings. The second kappa shape index (κ2) is 7.75. The Bertz CT molecular complexity index is 1310. The summed E-state index contributed by atoms with van der Waals surface area (Å²) < 4.78 is 24.4. The van der Waals surface area contributed by atoms with Gasteiger partial charge in [-0.3, -0.25) is 4.79 Å². The second-order valence-corrected chi connectivity index (χ2v) is 6.52. The van der Waals surface area contributed by atoms with Gasteiger partial charge in [0, 0.05) is 5.39 Å². The molecule has 1 amide bonds. The van der Waals surface area contributed by atoms with E-state index < -0.39 is 17.3 Å². The average Bonchev–Trinajstić information content (AvgIpc) is 2.72. The van der Waals surface area contributed by atoms with Crippen LogP contribution in [-0.2, 0) is 0 Å². The number of hydrogen-bond donors (Lipinski definition) is 1. The maximum Gasteiger partial charge on any atom is 0.349 e. The predicted molar refractivity (Wildman–Crippen MR) is 108 cm³/mol. The number of halogens is 1. The molecule has 0 spiro atoms. The molecular weight excluding hydrogens is 389 g/mol. The van der Waals surface area contributed by atoms with E-state index in [1.165, 1.54) is 18.2 Å². The van der Waals surface area contributed by atoms with Gasteiger partial charge in [-0.25, -0.2) is 9.18 Å². The van der Waals surface area contributed by atoms with Gasteiger partial charge >= 0.3 is 11.6 Å². The van der Waals surface area contributed by atoms with Crippen molar-refractivity contribution in [3.63, 3.8) is 0 Å². The van der Waals surface area contributed by atoms with Crippen molar-refractivity contribution in [1.82, 2.24) is 9.97 Å². The molecule has 0 aliphatic heterocycles. The molecular formula is C22H16FN3O4. The number of benzene rings is 2. The molecule has 0 saturated heterocycles. The fourth-order valence-corrected chi connectivity index (χ4v) is 2.94. The Kier molecular flexibility index (Phi) is 4.97. The molecule has 0 aliphatic carbocycles. The molecule has 2 aromatic heterocycles. The Morgan fingerprint density at radius 3 is 2.43 bits per heavy atom.